The van der Waals surface area contributed by atoms with Crippen LogP contribution in [0.4, 0.5) is 0 Å². The molecule has 0 aliphatic carbocycles. The minimum absolute atomic E-state index is 0.119. The molecule has 33 heavy (non-hydrogen) atoms. The average molecular weight is 465 g/mol. The number of thiazole rings is 1. The lowest BCUT2D eigenvalue weighted by atomic mass is 10.1. The number of aryl methyl sites for hydroxylation is 3. The standard InChI is InChI=1S/C24H28N6O2S/c1-15-7-6-8-18(11-15)30-16(2)12-20(27-30)22-17(3)26-24-29(23(22)32)19(14-33-24)13-21(31)25-9-10-28(4)5/h6-8,11-12,14H,9-10,13H2,1-5H3,(H,25,31). The fourth-order valence-electron chi connectivity index (χ4n) is 3.79. The topological polar surface area (TPSA) is 84.5 Å². The average Bonchev–Trinajstić information content (AvgIpc) is 3.31. The van der Waals surface area contributed by atoms with Gasteiger partial charge < -0.3 is 10.2 Å². The van der Waals surface area contributed by atoms with Crippen LogP contribution < -0.4 is 10.9 Å². The third-order valence-corrected chi connectivity index (χ3v) is 6.31. The number of hydrogen-bond donors (Lipinski definition) is 1. The molecular formula is C24H28N6O2S. The number of hydrogen-bond acceptors (Lipinski definition) is 6. The molecule has 0 saturated carbocycles. The molecule has 0 aliphatic rings. The second kappa shape index (κ2) is 9.29. The van der Waals surface area contributed by atoms with Crippen LogP contribution in [0.1, 0.15) is 22.6 Å². The molecule has 0 unspecified atom stereocenters. The number of rotatable bonds is 7. The Balaban J connectivity index is 1.71. The van der Waals surface area contributed by atoms with Crippen molar-refractivity contribution in [2.24, 2.45) is 0 Å². The van der Waals surface area contributed by atoms with Gasteiger partial charge in [0, 0.05) is 29.9 Å². The summed E-state index contributed by atoms with van der Waals surface area (Å²) in [4.78, 5) is 33.2. The quantitative estimate of drug-likeness (QED) is 0.455. The van der Waals surface area contributed by atoms with E-state index < -0.39 is 0 Å². The Labute approximate surface area is 196 Å². The first-order valence-corrected chi connectivity index (χ1v) is 11.7. The zero-order valence-electron chi connectivity index (χ0n) is 19.5. The van der Waals surface area contributed by atoms with E-state index in [0.29, 0.717) is 34.2 Å². The molecule has 0 spiro atoms. The van der Waals surface area contributed by atoms with Crippen molar-refractivity contribution < 1.29 is 4.79 Å². The summed E-state index contributed by atoms with van der Waals surface area (Å²) in [6.07, 6.45) is 0.119. The summed E-state index contributed by atoms with van der Waals surface area (Å²) >= 11 is 1.36. The number of benzene rings is 1. The van der Waals surface area contributed by atoms with Crippen LogP contribution in [0.25, 0.3) is 21.9 Å². The molecule has 0 bridgehead atoms. The van der Waals surface area contributed by atoms with Crippen LogP contribution in [-0.4, -0.2) is 57.2 Å². The molecule has 8 nitrogen and oxygen atoms in total. The van der Waals surface area contributed by atoms with Gasteiger partial charge in [-0.25, -0.2) is 9.67 Å². The van der Waals surface area contributed by atoms with Crippen molar-refractivity contribution in [3.8, 4) is 16.9 Å². The van der Waals surface area contributed by atoms with Crippen LogP contribution in [0.5, 0.6) is 0 Å². The molecule has 0 radical (unpaired) electrons. The highest BCUT2D eigenvalue weighted by atomic mass is 32.1. The van der Waals surface area contributed by atoms with Crippen LogP contribution in [0.3, 0.4) is 0 Å². The number of nitrogens with one attached hydrogen (secondary N) is 1. The van der Waals surface area contributed by atoms with E-state index in [2.05, 4.69) is 16.4 Å². The van der Waals surface area contributed by atoms with Gasteiger partial charge in [-0.1, -0.05) is 12.1 Å². The lowest BCUT2D eigenvalue weighted by Crippen LogP contribution is -2.33. The summed E-state index contributed by atoms with van der Waals surface area (Å²) in [5, 5.41) is 9.46. The van der Waals surface area contributed by atoms with Crippen molar-refractivity contribution in [3.05, 3.63) is 68.7 Å². The molecule has 4 aromatic rings. The lowest BCUT2D eigenvalue weighted by Gasteiger charge is -2.10. The molecule has 9 heteroatoms. The van der Waals surface area contributed by atoms with Gasteiger partial charge in [-0.2, -0.15) is 5.10 Å². The van der Waals surface area contributed by atoms with E-state index in [0.717, 1.165) is 23.5 Å². The van der Waals surface area contributed by atoms with Gasteiger partial charge in [-0.05, 0) is 58.6 Å². The van der Waals surface area contributed by atoms with Gasteiger partial charge in [0.05, 0.1) is 23.4 Å². The summed E-state index contributed by atoms with van der Waals surface area (Å²) in [5.41, 5.74) is 5.07. The monoisotopic (exact) mass is 464 g/mol. The number of nitrogens with zero attached hydrogens (tertiary/aromatic N) is 5. The van der Waals surface area contributed by atoms with Crippen LogP contribution in [-0.2, 0) is 11.2 Å². The van der Waals surface area contributed by atoms with E-state index in [-0.39, 0.29) is 17.9 Å². The molecular weight excluding hydrogens is 436 g/mol. The van der Waals surface area contributed by atoms with Crippen LogP contribution >= 0.6 is 11.3 Å². The SMILES string of the molecule is Cc1cccc(-n2nc(-c3c(C)nc4scc(CC(=O)NCCN(C)C)n4c3=O)cc2C)c1. The molecule has 0 fully saturated rings. The predicted octanol–water partition coefficient (Wildman–Crippen LogP) is 2.75. The molecule has 1 N–H and O–H groups in total. The second-order valence-corrected chi connectivity index (χ2v) is 9.31. The minimum atomic E-state index is -0.205. The Morgan fingerprint density at radius 1 is 1.18 bits per heavy atom. The summed E-state index contributed by atoms with van der Waals surface area (Å²) < 4.78 is 3.38. The molecule has 172 valence electrons. The molecule has 3 heterocycles. The fourth-order valence-corrected chi connectivity index (χ4v) is 4.71. The number of likely N-dealkylation sites (N-methyl/N-ethyl adjacent to an activating group) is 1. The normalized spacial score (nSPS) is 11.5. The number of carbonyl (C=O) groups is 1. The Morgan fingerprint density at radius 2 is 1.97 bits per heavy atom. The Morgan fingerprint density at radius 3 is 2.70 bits per heavy atom. The number of aromatic nitrogens is 4. The first-order chi connectivity index (χ1) is 15.7. The van der Waals surface area contributed by atoms with Gasteiger partial charge >= 0.3 is 0 Å². The summed E-state index contributed by atoms with van der Waals surface area (Å²) in [6, 6.07) is 9.97. The van der Waals surface area contributed by atoms with Crippen molar-refractivity contribution in [1.82, 2.24) is 29.4 Å². The van der Waals surface area contributed by atoms with Crippen LogP contribution in [0.15, 0.2) is 40.5 Å². The van der Waals surface area contributed by atoms with Gasteiger partial charge in [-0.3, -0.25) is 14.0 Å². The van der Waals surface area contributed by atoms with E-state index in [1.807, 2.05) is 74.1 Å². The van der Waals surface area contributed by atoms with Crippen molar-refractivity contribution in [1.29, 1.82) is 0 Å². The molecule has 1 aromatic carbocycles. The second-order valence-electron chi connectivity index (χ2n) is 8.47. The summed E-state index contributed by atoms with van der Waals surface area (Å²) in [5.74, 6) is -0.120. The van der Waals surface area contributed by atoms with Crippen LogP contribution in [0, 0.1) is 20.8 Å². The van der Waals surface area contributed by atoms with Gasteiger partial charge in [0.2, 0.25) is 5.91 Å². The highest BCUT2D eigenvalue weighted by Crippen LogP contribution is 2.23. The maximum absolute atomic E-state index is 13.6. The first-order valence-electron chi connectivity index (χ1n) is 10.8. The Hall–Kier alpha value is -3.30. The smallest absolute Gasteiger partial charge is 0.268 e. The van der Waals surface area contributed by atoms with Crippen molar-refractivity contribution in [3.63, 3.8) is 0 Å². The van der Waals surface area contributed by atoms with Crippen LogP contribution in [0.2, 0.25) is 0 Å². The predicted molar refractivity (Wildman–Crippen MR) is 131 cm³/mol. The number of carbonyl (C=O) groups excluding carboxylic acids is 1. The lowest BCUT2D eigenvalue weighted by molar-refractivity contribution is -0.120. The zero-order valence-corrected chi connectivity index (χ0v) is 20.4. The molecule has 0 aliphatic heterocycles. The maximum atomic E-state index is 13.6. The van der Waals surface area contributed by atoms with E-state index >= 15 is 0 Å². The van der Waals surface area contributed by atoms with Crippen molar-refractivity contribution in [2.45, 2.75) is 27.2 Å². The highest BCUT2D eigenvalue weighted by Gasteiger charge is 2.20. The summed E-state index contributed by atoms with van der Waals surface area (Å²) in [7, 11) is 3.91. The highest BCUT2D eigenvalue weighted by molar-refractivity contribution is 7.15. The number of amides is 1. The molecule has 0 saturated heterocycles. The van der Waals surface area contributed by atoms with Gasteiger partial charge in [0.25, 0.3) is 5.56 Å². The Bertz CT molecular complexity index is 1380. The van der Waals surface area contributed by atoms with Gasteiger partial charge in [0.1, 0.15) is 5.69 Å². The first kappa shape index (κ1) is 22.9. The van der Waals surface area contributed by atoms with Crippen molar-refractivity contribution in [2.75, 3.05) is 27.2 Å². The minimum Gasteiger partial charge on any atom is -0.354 e. The largest absolute Gasteiger partial charge is 0.354 e. The van der Waals surface area contributed by atoms with E-state index in [9.17, 15) is 9.59 Å². The van der Waals surface area contributed by atoms with E-state index in [1.165, 1.54) is 11.3 Å². The number of fused-ring (bicyclic) bond motifs is 1. The molecule has 4 rings (SSSR count). The van der Waals surface area contributed by atoms with E-state index in [4.69, 9.17) is 5.10 Å². The molecule has 1 amide bonds. The third-order valence-electron chi connectivity index (χ3n) is 5.43. The van der Waals surface area contributed by atoms with Gasteiger partial charge in [-0.15, -0.1) is 11.3 Å². The molecule has 0 atom stereocenters. The summed E-state index contributed by atoms with van der Waals surface area (Å²) in [6.45, 7) is 7.13. The van der Waals surface area contributed by atoms with Gasteiger partial charge in [0.15, 0.2) is 4.96 Å². The van der Waals surface area contributed by atoms with E-state index in [1.54, 1.807) is 4.40 Å². The Kier molecular flexibility index (Phi) is 6.44. The van der Waals surface area contributed by atoms with Crippen molar-refractivity contribution >= 4 is 22.2 Å². The molecule has 3 aromatic heterocycles. The maximum Gasteiger partial charge on any atom is 0.268 e. The zero-order chi connectivity index (χ0) is 23.7. The third kappa shape index (κ3) is 4.74. The fraction of sp³-hybridized carbons (Fsp3) is 0.333.